The van der Waals surface area contributed by atoms with Crippen LogP contribution in [0, 0.1) is 0 Å². The van der Waals surface area contributed by atoms with Gasteiger partial charge in [0.25, 0.3) is 5.91 Å². The minimum atomic E-state index is -3.63. The lowest BCUT2D eigenvalue weighted by Crippen LogP contribution is -2.32. The van der Waals surface area contributed by atoms with E-state index in [2.05, 4.69) is 15.0 Å². The molecule has 7 heteroatoms. The summed E-state index contributed by atoms with van der Waals surface area (Å²) >= 11 is 0. The molecule has 1 amide bonds. The molecule has 128 valence electrons. The maximum atomic E-state index is 12.3. The Morgan fingerprint density at radius 3 is 2.71 bits per heavy atom. The molecule has 0 bridgehead atoms. The summed E-state index contributed by atoms with van der Waals surface area (Å²) in [6, 6.07) is 9.47. The van der Waals surface area contributed by atoms with Crippen LogP contribution in [0.25, 0.3) is 0 Å². The Morgan fingerprint density at radius 2 is 2.04 bits per heavy atom. The van der Waals surface area contributed by atoms with Gasteiger partial charge in [0.2, 0.25) is 10.0 Å². The van der Waals surface area contributed by atoms with Gasteiger partial charge in [-0.1, -0.05) is 19.1 Å². The van der Waals surface area contributed by atoms with Gasteiger partial charge in [-0.05, 0) is 43.2 Å². The topological polar surface area (TPSA) is 88.2 Å². The molecule has 1 aromatic carbocycles. The molecule has 0 fully saturated rings. The Labute approximate surface area is 142 Å². The Hall–Kier alpha value is -2.25. The number of rotatable bonds is 7. The highest BCUT2D eigenvalue weighted by Crippen LogP contribution is 2.13. The van der Waals surface area contributed by atoms with E-state index in [1.165, 1.54) is 12.1 Å². The highest BCUT2D eigenvalue weighted by molar-refractivity contribution is 7.89. The molecule has 0 aliphatic carbocycles. The van der Waals surface area contributed by atoms with Gasteiger partial charge in [0.05, 0.1) is 4.90 Å². The lowest BCUT2D eigenvalue weighted by Gasteiger charge is -2.13. The predicted octanol–water partition coefficient (Wildman–Crippen LogP) is 2.09. The fourth-order valence-corrected chi connectivity index (χ4v) is 3.38. The summed E-state index contributed by atoms with van der Waals surface area (Å²) in [5, 5.41) is 2.75. The summed E-state index contributed by atoms with van der Waals surface area (Å²) in [4.78, 5) is 16.3. The molecule has 1 atom stereocenters. The standard InChI is InChI=1S/C17H21N3O3S/c1-3-13(2)20-24(22,23)16-8-4-7-15(10-16)17(21)19-12-14-6-5-9-18-11-14/h4-11,13,20H,3,12H2,1-2H3,(H,19,21). The second-order valence-electron chi connectivity index (χ2n) is 5.50. The molecule has 0 aliphatic heterocycles. The van der Waals surface area contributed by atoms with Crippen molar-refractivity contribution in [2.75, 3.05) is 0 Å². The number of aromatic nitrogens is 1. The van der Waals surface area contributed by atoms with Crippen LogP contribution in [0.3, 0.4) is 0 Å². The van der Waals surface area contributed by atoms with Gasteiger partial charge in [0, 0.05) is 30.5 Å². The Bertz CT molecular complexity index is 792. The lowest BCUT2D eigenvalue weighted by atomic mass is 10.2. The number of benzene rings is 1. The Morgan fingerprint density at radius 1 is 1.25 bits per heavy atom. The molecule has 0 radical (unpaired) electrons. The summed E-state index contributed by atoms with van der Waals surface area (Å²) in [6.45, 7) is 4.02. The van der Waals surface area contributed by atoms with Gasteiger partial charge in [0.1, 0.15) is 0 Å². The van der Waals surface area contributed by atoms with Crippen molar-refractivity contribution in [3.05, 3.63) is 59.9 Å². The fourth-order valence-electron chi connectivity index (χ4n) is 2.01. The van der Waals surface area contributed by atoms with E-state index >= 15 is 0 Å². The van der Waals surface area contributed by atoms with Gasteiger partial charge in [-0.25, -0.2) is 13.1 Å². The van der Waals surface area contributed by atoms with Crippen LogP contribution in [0.1, 0.15) is 36.2 Å². The van der Waals surface area contributed by atoms with E-state index in [0.29, 0.717) is 18.5 Å². The number of carbonyl (C=O) groups is 1. The summed E-state index contributed by atoms with van der Waals surface area (Å²) in [5.41, 5.74) is 1.17. The Kier molecular flexibility index (Phi) is 6.05. The van der Waals surface area contributed by atoms with Crippen molar-refractivity contribution in [3.8, 4) is 0 Å². The first-order valence-electron chi connectivity index (χ1n) is 7.72. The first-order valence-corrected chi connectivity index (χ1v) is 9.20. The van der Waals surface area contributed by atoms with E-state index in [0.717, 1.165) is 5.56 Å². The minimum Gasteiger partial charge on any atom is -0.348 e. The van der Waals surface area contributed by atoms with Crippen LogP contribution in [-0.2, 0) is 16.6 Å². The van der Waals surface area contributed by atoms with Crippen LogP contribution in [0.5, 0.6) is 0 Å². The van der Waals surface area contributed by atoms with Gasteiger partial charge in [-0.15, -0.1) is 0 Å². The number of amides is 1. The van der Waals surface area contributed by atoms with E-state index in [-0.39, 0.29) is 16.8 Å². The van der Waals surface area contributed by atoms with Crippen LogP contribution in [0.4, 0.5) is 0 Å². The first kappa shape index (κ1) is 18.1. The predicted molar refractivity (Wildman–Crippen MR) is 91.9 cm³/mol. The number of hydrogen-bond acceptors (Lipinski definition) is 4. The number of hydrogen-bond donors (Lipinski definition) is 2. The molecule has 0 saturated heterocycles. The van der Waals surface area contributed by atoms with Crippen molar-refractivity contribution in [2.45, 2.75) is 37.8 Å². The smallest absolute Gasteiger partial charge is 0.251 e. The average Bonchev–Trinajstić information content (AvgIpc) is 2.60. The molecule has 0 saturated carbocycles. The molecular formula is C17H21N3O3S. The van der Waals surface area contributed by atoms with Gasteiger partial charge >= 0.3 is 0 Å². The highest BCUT2D eigenvalue weighted by Gasteiger charge is 2.18. The van der Waals surface area contributed by atoms with Crippen LogP contribution in [-0.4, -0.2) is 25.4 Å². The van der Waals surface area contributed by atoms with Gasteiger partial charge in [-0.2, -0.15) is 0 Å². The lowest BCUT2D eigenvalue weighted by molar-refractivity contribution is 0.0950. The number of nitrogens with zero attached hydrogens (tertiary/aromatic N) is 1. The normalized spacial score (nSPS) is 12.6. The van der Waals surface area contributed by atoms with Crippen LogP contribution in [0.15, 0.2) is 53.7 Å². The summed E-state index contributed by atoms with van der Waals surface area (Å²) in [7, 11) is -3.63. The fraction of sp³-hybridized carbons (Fsp3) is 0.294. The molecule has 2 rings (SSSR count). The number of sulfonamides is 1. The number of nitrogens with one attached hydrogen (secondary N) is 2. The Balaban J connectivity index is 2.10. The zero-order chi connectivity index (χ0) is 17.6. The molecule has 2 aromatic rings. The minimum absolute atomic E-state index is 0.0804. The van der Waals surface area contributed by atoms with Crippen molar-refractivity contribution < 1.29 is 13.2 Å². The molecule has 24 heavy (non-hydrogen) atoms. The van der Waals surface area contributed by atoms with Crippen molar-refractivity contribution >= 4 is 15.9 Å². The molecule has 0 aliphatic rings. The van der Waals surface area contributed by atoms with E-state index < -0.39 is 10.0 Å². The van der Waals surface area contributed by atoms with Crippen molar-refractivity contribution in [2.24, 2.45) is 0 Å². The summed E-state index contributed by atoms with van der Waals surface area (Å²) in [5.74, 6) is -0.334. The van der Waals surface area contributed by atoms with Crippen molar-refractivity contribution in [3.63, 3.8) is 0 Å². The number of carbonyl (C=O) groups excluding carboxylic acids is 1. The van der Waals surface area contributed by atoms with Crippen molar-refractivity contribution in [1.82, 2.24) is 15.0 Å². The summed E-state index contributed by atoms with van der Waals surface area (Å²) < 4.78 is 27.2. The molecule has 2 N–H and O–H groups in total. The van der Waals surface area contributed by atoms with Gasteiger partial charge in [-0.3, -0.25) is 9.78 Å². The van der Waals surface area contributed by atoms with Crippen LogP contribution >= 0.6 is 0 Å². The van der Waals surface area contributed by atoms with E-state index in [9.17, 15) is 13.2 Å². The van der Waals surface area contributed by atoms with Crippen LogP contribution in [0.2, 0.25) is 0 Å². The van der Waals surface area contributed by atoms with Gasteiger partial charge < -0.3 is 5.32 Å². The highest BCUT2D eigenvalue weighted by atomic mass is 32.2. The third-order valence-electron chi connectivity index (χ3n) is 3.55. The van der Waals surface area contributed by atoms with Gasteiger partial charge in [0.15, 0.2) is 0 Å². The van der Waals surface area contributed by atoms with E-state index in [1.807, 2.05) is 13.0 Å². The molecule has 1 heterocycles. The third-order valence-corrected chi connectivity index (χ3v) is 5.14. The largest absolute Gasteiger partial charge is 0.348 e. The van der Waals surface area contributed by atoms with Crippen LogP contribution < -0.4 is 10.0 Å². The molecular weight excluding hydrogens is 326 g/mol. The molecule has 1 unspecified atom stereocenters. The maximum Gasteiger partial charge on any atom is 0.251 e. The first-order chi connectivity index (χ1) is 11.4. The zero-order valence-electron chi connectivity index (χ0n) is 13.7. The average molecular weight is 347 g/mol. The maximum absolute atomic E-state index is 12.3. The quantitative estimate of drug-likeness (QED) is 0.803. The van der Waals surface area contributed by atoms with E-state index in [1.54, 1.807) is 37.5 Å². The second-order valence-corrected chi connectivity index (χ2v) is 7.22. The second kappa shape index (κ2) is 8.03. The van der Waals surface area contributed by atoms with E-state index in [4.69, 9.17) is 0 Å². The molecule has 1 aromatic heterocycles. The summed E-state index contributed by atoms with van der Waals surface area (Å²) in [6.07, 6.45) is 4.01. The monoisotopic (exact) mass is 347 g/mol. The molecule has 0 spiro atoms. The third kappa shape index (κ3) is 4.87. The zero-order valence-corrected chi connectivity index (χ0v) is 14.5. The SMILES string of the molecule is CCC(C)NS(=O)(=O)c1cccc(C(=O)NCc2cccnc2)c1. The molecule has 6 nitrogen and oxygen atoms in total. The van der Waals surface area contributed by atoms with Crippen molar-refractivity contribution in [1.29, 1.82) is 0 Å². The number of pyridine rings is 1.